The van der Waals surface area contributed by atoms with Crippen LogP contribution in [0.15, 0.2) is 4.34 Å². The largest absolute Gasteiger partial charge is 0.389 e. The van der Waals surface area contributed by atoms with E-state index in [2.05, 4.69) is 15.5 Å². The van der Waals surface area contributed by atoms with Crippen LogP contribution in [0.1, 0.15) is 6.92 Å². The van der Waals surface area contributed by atoms with Gasteiger partial charge >= 0.3 is 0 Å². The Morgan fingerprint density at radius 1 is 1.37 bits per heavy atom. The van der Waals surface area contributed by atoms with Gasteiger partial charge in [0, 0.05) is 20.0 Å². The van der Waals surface area contributed by atoms with Gasteiger partial charge in [-0.05, 0) is 0 Å². The molecule has 0 aliphatic carbocycles. The summed E-state index contributed by atoms with van der Waals surface area (Å²) in [5.74, 6) is -0.382. The average Bonchev–Trinajstić information content (AvgIpc) is 2.87. The van der Waals surface area contributed by atoms with Crippen molar-refractivity contribution in [1.29, 1.82) is 0 Å². The molecule has 1 fully saturated rings. The van der Waals surface area contributed by atoms with Gasteiger partial charge in [-0.2, -0.15) is 4.31 Å². The number of hydrogen-bond acceptors (Lipinski definition) is 8. The second kappa shape index (κ2) is 5.09. The van der Waals surface area contributed by atoms with Crippen LogP contribution in [0.3, 0.4) is 0 Å². The Morgan fingerprint density at radius 3 is 2.47 bits per heavy atom. The molecule has 9 nitrogen and oxygen atoms in total. The van der Waals surface area contributed by atoms with Crippen molar-refractivity contribution in [2.45, 2.75) is 23.5 Å². The summed E-state index contributed by atoms with van der Waals surface area (Å²) in [5, 5.41) is 28.2. The molecule has 2 unspecified atom stereocenters. The second-order valence-electron chi connectivity index (χ2n) is 4.01. The van der Waals surface area contributed by atoms with Gasteiger partial charge in [-0.15, -0.1) is 10.2 Å². The van der Waals surface area contributed by atoms with Gasteiger partial charge in [0.25, 0.3) is 10.0 Å². The molecule has 1 aromatic rings. The summed E-state index contributed by atoms with van der Waals surface area (Å²) >= 11 is 0.710. The monoisotopic (exact) mass is 308 g/mol. The van der Waals surface area contributed by atoms with Gasteiger partial charge in [0.05, 0.1) is 12.2 Å². The fraction of sp³-hybridized carbons (Fsp3) is 0.625. The zero-order chi connectivity index (χ0) is 14.2. The second-order valence-corrected chi connectivity index (χ2v) is 7.10. The van der Waals surface area contributed by atoms with Crippen molar-refractivity contribution in [3.8, 4) is 0 Å². The number of nitrogens with zero attached hydrogens (tertiary/aromatic N) is 3. The van der Waals surface area contributed by atoms with E-state index in [1.807, 2.05) is 0 Å². The smallest absolute Gasteiger partial charge is 0.272 e. The lowest BCUT2D eigenvalue weighted by Crippen LogP contribution is -2.29. The predicted molar refractivity (Wildman–Crippen MR) is 65.0 cm³/mol. The van der Waals surface area contributed by atoms with Gasteiger partial charge in [-0.3, -0.25) is 4.79 Å². The number of carbonyl (C=O) groups excluding carboxylic acids is 1. The Balaban J connectivity index is 2.20. The molecule has 1 aliphatic heterocycles. The summed E-state index contributed by atoms with van der Waals surface area (Å²) in [6.07, 6.45) is -2.23. The Labute approximate surface area is 112 Å². The summed E-state index contributed by atoms with van der Waals surface area (Å²) in [4.78, 5) is 10.8. The third-order valence-corrected chi connectivity index (χ3v) is 5.49. The number of aliphatic hydroxyl groups is 2. The van der Waals surface area contributed by atoms with Gasteiger partial charge in [0.1, 0.15) is 0 Å². The first-order chi connectivity index (χ1) is 8.80. The lowest BCUT2D eigenvalue weighted by Gasteiger charge is -2.12. The van der Waals surface area contributed by atoms with E-state index >= 15 is 0 Å². The normalized spacial score (nSPS) is 24.6. The fourth-order valence-corrected chi connectivity index (χ4v) is 4.12. The van der Waals surface area contributed by atoms with Gasteiger partial charge < -0.3 is 15.5 Å². The number of hydrogen-bond donors (Lipinski definition) is 3. The highest BCUT2D eigenvalue weighted by Gasteiger charge is 2.39. The third-order valence-electron chi connectivity index (χ3n) is 2.48. The molecule has 1 aliphatic rings. The van der Waals surface area contributed by atoms with Gasteiger partial charge in [-0.1, -0.05) is 11.3 Å². The molecule has 11 heteroatoms. The molecule has 19 heavy (non-hydrogen) atoms. The number of anilines is 1. The molecule has 1 aromatic heterocycles. The molecular weight excluding hydrogens is 296 g/mol. The molecule has 106 valence electrons. The summed E-state index contributed by atoms with van der Waals surface area (Å²) in [5.41, 5.74) is 0. The van der Waals surface area contributed by atoms with E-state index in [1.54, 1.807) is 0 Å². The van der Waals surface area contributed by atoms with Gasteiger partial charge in [0.2, 0.25) is 15.4 Å². The molecule has 3 N–H and O–H groups in total. The van der Waals surface area contributed by atoms with Crippen LogP contribution in [0.5, 0.6) is 0 Å². The average molecular weight is 308 g/mol. The zero-order valence-corrected chi connectivity index (χ0v) is 11.5. The number of rotatable bonds is 3. The first kappa shape index (κ1) is 14.3. The van der Waals surface area contributed by atoms with E-state index in [0.29, 0.717) is 11.3 Å². The minimum absolute atomic E-state index is 0.0753. The SMILES string of the molecule is CC(=O)Nc1nnc(S(=O)(=O)N2CC(O)C(O)C2)s1. The summed E-state index contributed by atoms with van der Waals surface area (Å²) < 4.78 is 24.9. The van der Waals surface area contributed by atoms with Crippen LogP contribution in [-0.2, 0) is 14.8 Å². The summed E-state index contributed by atoms with van der Waals surface area (Å²) in [6.45, 7) is 0.875. The Kier molecular flexibility index (Phi) is 3.82. The first-order valence-corrected chi connectivity index (χ1v) is 7.53. The summed E-state index contributed by atoms with van der Waals surface area (Å²) in [7, 11) is -3.91. The van der Waals surface area contributed by atoms with E-state index < -0.39 is 22.2 Å². The molecule has 1 amide bonds. The van der Waals surface area contributed by atoms with E-state index in [1.165, 1.54) is 6.92 Å². The van der Waals surface area contributed by atoms with E-state index in [-0.39, 0.29) is 28.5 Å². The number of aliphatic hydroxyl groups excluding tert-OH is 2. The van der Waals surface area contributed by atoms with Gasteiger partial charge in [-0.25, -0.2) is 8.42 Å². The molecule has 0 saturated carbocycles. The molecule has 2 heterocycles. The molecule has 0 bridgehead atoms. The van der Waals surface area contributed by atoms with Crippen LogP contribution in [-0.4, -0.2) is 64.3 Å². The van der Waals surface area contributed by atoms with Crippen molar-refractivity contribution in [2.24, 2.45) is 0 Å². The van der Waals surface area contributed by atoms with E-state index in [9.17, 15) is 23.4 Å². The highest BCUT2D eigenvalue weighted by atomic mass is 32.2. The fourth-order valence-electron chi connectivity index (χ4n) is 1.56. The number of nitrogens with one attached hydrogen (secondary N) is 1. The third kappa shape index (κ3) is 2.90. The van der Waals surface area contributed by atoms with Crippen molar-refractivity contribution in [3.63, 3.8) is 0 Å². The Bertz CT molecular complexity index is 576. The van der Waals surface area contributed by atoms with Gasteiger partial charge in [0.15, 0.2) is 0 Å². The summed E-state index contributed by atoms with van der Waals surface area (Å²) in [6, 6.07) is 0. The minimum Gasteiger partial charge on any atom is -0.389 e. The van der Waals surface area contributed by atoms with Crippen molar-refractivity contribution < 1.29 is 23.4 Å². The molecule has 2 atom stereocenters. The number of carbonyl (C=O) groups is 1. The highest BCUT2D eigenvalue weighted by Crippen LogP contribution is 2.26. The van der Waals surface area contributed by atoms with Crippen LogP contribution in [0.4, 0.5) is 5.13 Å². The van der Waals surface area contributed by atoms with Crippen LogP contribution in [0.2, 0.25) is 0 Å². The van der Waals surface area contributed by atoms with Crippen molar-refractivity contribution in [3.05, 3.63) is 0 Å². The van der Waals surface area contributed by atoms with E-state index in [0.717, 1.165) is 4.31 Å². The first-order valence-electron chi connectivity index (χ1n) is 5.28. The Morgan fingerprint density at radius 2 is 1.95 bits per heavy atom. The number of β-amino-alcohol motifs (C(OH)–C–C–N with tert-alkyl or cyclic N) is 2. The van der Waals surface area contributed by atoms with Crippen molar-refractivity contribution in [2.75, 3.05) is 18.4 Å². The van der Waals surface area contributed by atoms with Crippen molar-refractivity contribution >= 4 is 32.4 Å². The van der Waals surface area contributed by atoms with Crippen molar-refractivity contribution in [1.82, 2.24) is 14.5 Å². The maximum atomic E-state index is 12.1. The molecular formula is C8H12N4O5S2. The lowest BCUT2D eigenvalue weighted by molar-refractivity contribution is -0.114. The predicted octanol–water partition coefficient (Wildman–Crippen LogP) is -1.78. The lowest BCUT2D eigenvalue weighted by atomic mass is 10.3. The molecule has 0 radical (unpaired) electrons. The standard InChI is InChI=1S/C8H12N4O5S2/c1-4(13)9-7-10-11-8(18-7)19(16,17)12-2-5(14)6(15)3-12/h5-6,14-15H,2-3H2,1H3,(H,9,10,13). The zero-order valence-electron chi connectivity index (χ0n) is 9.85. The topological polar surface area (TPSA) is 133 Å². The quantitative estimate of drug-likeness (QED) is 0.562. The van der Waals surface area contributed by atoms with Crippen LogP contribution in [0, 0.1) is 0 Å². The molecule has 1 saturated heterocycles. The molecule has 0 spiro atoms. The van der Waals surface area contributed by atoms with Crippen LogP contribution >= 0.6 is 11.3 Å². The number of sulfonamides is 1. The minimum atomic E-state index is -3.91. The molecule has 2 rings (SSSR count). The Hall–Kier alpha value is -1.14. The van der Waals surface area contributed by atoms with Crippen LogP contribution < -0.4 is 5.32 Å². The maximum Gasteiger partial charge on any atom is 0.272 e. The van der Waals surface area contributed by atoms with E-state index in [4.69, 9.17) is 0 Å². The number of amides is 1. The van der Waals surface area contributed by atoms with Crippen LogP contribution in [0.25, 0.3) is 0 Å². The maximum absolute atomic E-state index is 12.1. The molecule has 0 aromatic carbocycles. The number of aromatic nitrogens is 2. The highest BCUT2D eigenvalue weighted by molar-refractivity contribution is 7.91.